The molecule has 1 aromatic carbocycles. The molecule has 1 fully saturated rings. The molecule has 1 saturated heterocycles. The Morgan fingerprint density at radius 3 is 2.65 bits per heavy atom. The minimum atomic E-state index is -4.78. The van der Waals surface area contributed by atoms with Gasteiger partial charge in [0, 0.05) is 38.2 Å². The van der Waals surface area contributed by atoms with Gasteiger partial charge in [0.2, 0.25) is 11.8 Å². The number of carbonyl (C=O) groups is 2. The summed E-state index contributed by atoms with van der Waals surface area (Å²) in [4.78, 5) is 36.7. The first-order valence-corrected chi connectivity index (χ1v) is 9.63. The first-order chi connectivity index (χ1) is 14.7. The second-order valence-electron chi connectivity index (χ2n) is 7.16. The van der Waals surface area contributed by atoms with Gasteiger partial charge in [0.25, 0.3) is 0 Å². The van der Waals surface area contributed by atoms with Crippen molar-refractivity contribution in [3.63, 3.8) is 0 Å². The van der Waals surface area contributed by atoms with Gasteiger partial charge >= 0.3 is 6.36 Å². The van der Waals surface area contributed by atoms with Crippen LogP contribution in [0.5, 0.6) is 5.75 Å². The molecule has 1 aliphatic heterocycles. The van der Waals surface area contributed by atoms with E-state index in [0.717, 1.165) is 25.1 Å². The average molecular weight is 437 g/mol. The number of rotatable bonds is 6. The van der Waals surface area contributed by atoms with Crippen molar-refractivity contribution in [2.45, 2.75) is 19.2 Å². The van der Waals surface area contributed by atoms with Gasteiger partial charge in [-0.1, -0.05) is 0 Å². The fourth-order valence-corrected chi connectivity index (χ4v) is 3.39. The maximum absolute atomic E-state index is 12.8. The number of hydrogen-bond donors (Lipinski definition) is 1. The van der Waals surface area contributed by atoms with Gasteiger partial charge in [0.15, 0.2) is 0 Å². The van der Waals surface area contributed by atoms with Crippen LogP contribution in [0.4, 0.5) is 24.7 Å². The summed E-state index contributed by atoms with van der Waals surface area (Å²) < 4.78 is 40.4. The van der Waals surface area contributed by atoms with Crippen LogP contribution in [0.2, 0.25) is 0 Å². The molecule has 0 radical (unpaired) electrons. The molecule has 3 rings (SSSR count). The highest BCUT2D eigenvalue weighted by atomic mass is 19.4. The summed E-state index contributed by atoms with van der Waals surface area (Å²) in [5.41, 5.74) is 0.298. The van der Waals surface area contributed by atoms with Crippen LogP contribution in [0.1, 0.15) is 12.8 Å². The quantitative estimate of drug-likeness (QED) is 0.748. The molecule has 166 valence electrons. The van der Waals surface area contributed by atoms with E-state index >= 15 is 0 Å². The molecule has 0 aliphatic carbocycles. The molecule has 1 aromatic heterocycles. The minimum absolute atomic E-state index is 0.155. The number of likely N-dealkylation sites (N-methyl/N-ethyl adjacent to an activating group) is 1. The molecule has 0 saturated carbocycles. The monoisotopic (exact) mass is 437 g/mol. The van der Waals surface area contributed by atoms with E-state index in [1.807, 2.05) is 4.90 Å². The van der Waals surface area contributed by atoms with Gasteiger partial charge in [-0.3, -0.25) is 14.6 Å². The first kappa shape index (κ1) is 22.3. The van der Waals surface area contributed by atoms with Crippen molar-refractivity contribution in [3.8, 4) is 5.75 Å². The van der Waals surface area contributed by atoms with Crippen molar-refractivity contribution < 1.29 is 27.5 Å². The number of carbonyl (C=O) groups excluding carboxylic acids is 2. The molecule has 0 bridgehead atoms. The number of halogens is 3. The highest BCUT2D eigenvalue weighted by Crippen LogP contribution is 2.24. The highest BCUT2D eigenvalue weighted by Gasteiger charge is 2.31. The Hall–Kier alpha value is -3.37. The first-order valence-electron chi connectivity index (χ1n) is 9.63. The maximum atomic E-state index is 12.8. The van der Waals surface area contributed by atoms with Gasteiger partial charge in [-0.15, -0.1) is 13.2 Å². The molecule has 1 N–H and O–H groups in total. The number of nitrogens with zero attached hydrogens (tertiary/aromatic N) is 4. The van der Waals surface area contributed by atoms with Crippen LogP contribution in [0.15, 0.2) is 42.9 Å². The number of benzene rings is 1. The van der Waals surface area contributed by atoms with E-state index in [1.165, 1.54) is 17.0 Å². The Morgan fingerprint density at radius 1 is 1.26 bits per heavy atom. The van der Waals surface area contributed by atoms with Gasteiger partial charge in [-0.05, 0) is 37.1 Å². The molecule has 1 unspecified atom stereocenters. The molecule has 1 atom stereocenters. The van der Waals surface area contributed by atoms with E-state index in [1.54, 1.807) is 25.6 Å². The van der Waals surface area contributed by atoms with E-state index in [2.05, 4.69) is 20.0 Å². The Morgan fingerprint density at radius 2 is 2.00 bits per heavy atom. The van der Waals surface area contributed by atoms with E-state index in [4.69, 9.17) is 0 Å². The Balaban J connectivity index is 1.51. The van der Waals surface area contributed by atoms with Gasteiger partial charge < -0.3 is 19.9 Å². The molecular formula is C20H22F3N5O3. The lowest BCUT2D eigenvalue weighted by Crippen LogP contribution is -2.45. The highest BCUT2D eigenvalue weighted by molar-refractivity contribution is 5.94. The Bertz CT molecular complexity index is 893. The van der Waals surface area contributed by atoms with Crippen LogP contribution >= 0.6 is 0 Å². The fraction of sp³-hybridized carbons (Fsp3) is 0.400. The average Bonchev–Trinajstić information content (AvgIpc) is 2.74. The topological polar surface area (TPSA) is 87.7 Å². The SMILES string of the molecule is CN(CC(=O)Nc1ccc(OC(F)(F)F)cc1)C(=O)C1CCCN(c2cnccn2)C1. The van der Waals surface area contributed by atoms with E-state index < -0.39 is 12.3 Å². The number of piperidine rings is 1. The molecule has 31 heavy (non-hydrogen) atoms. The second kappa shape index (κ2) is 9.63. The molecule has 1 aliphatic rings. The van der Waals surface area contributed by atoms with Gasteiger partial charge in [0.1, 0.15) is 11.6 Å². The predicted octanol–water partition coefficient (Wildman–Crippen LogP) is 2.69. The van der Waals surface area contributed by atoms with E-state index in [0.29, 0.717) is 24.5 Å². The van der Waals surface area contributed by atoms with Gasteiger partial charge in [0.05, 0.1) is 18.7 Å². The zero-order valence-corrected chi connectivity index (χ0v) is 16.8. The minimum Gasteiger partial charge on any atom is -0.406 e. The molecule has 0 spiro atoms. The number of alkyl halides is 3. The Labute approximate surface area is 177 Å². The van der Waals surface area contributed by atoms with Crippen molar-refractivity contribution in [2.75, 3.05) is 36.9 Å². The largest absolute Gasteiger partial charge is 0.573 e. The summed E-state index contributed by atoms with van der Waals surface area (Å²) in [6, 6.07) is 4.78. The third-order valence-corrected chi connectivity index (χ3v) is 4.77. The van der Waals surface area contributed by atoms with Crippen LogP contribution in [0.3, 0.4) is 0 Å². The summed E-state index contributed by atoms with van der Waals surface area (Å²) in [6.45, 7) is 1.09. The lowest BCUT2D eigenvalue weighted by atomic mass is 9.96. The lowest BCUT2D eigenvalue weighted by molar-refractivity contribution is -0.274. The molecule has 11 heteroatoms. The molecule has 2 amide bonds. The Kier molecular flexibility index (Phi) is 6.93. The molecule has 8 nitrogen and oxygen atoms in total. The number of amides is 2. The van der Waals surface area contributed by atoms with Gasteiger partial charge in [-0.2, -0.15) is 0 Å². The molecular weight excluding hydrogens is 415 g/mol. The van der Waals surface area contributed by atoms with Crippen molar-refractivity contribution in [3.05, 3.63) is 42.9 Å². The standard InChI is InChI=1S/C20H22F3N5O3/c1-27(13-18(29)26-15-4-6-16(7-5-15)31-20(21,22)23)19(30)14-3-2-10-28(12-14)17-11-24-8-9-25-17/h4-9,11,14H,2-3,10,12-13H2,1H3,(H,26,29). The number of ether oxygens (including phenoxy) is 1. The van der Waals surface area contributed by atoms with Crippen LogP contribution in [0, 0.1) is 5.92 Å². The zero-order valence-electron chi connectivity index (χ0n) is 16.8. The summed E-state index contributed by atoms with van der Waals surface area (Å²) in [5.74, 6) is -0.562. The predicted molar refractivity (Wildman–Crippen MR) is 106 cm³/mol. The van der Waals surface area contributed by atoms with E-state index in [-0.39, 0.29) is 24.1 Å². The number of hydrogen-bond acceptors (Lipinski definition) is 6. The molecule has 2 aromatic rings. The fourth-order valence-electron chi connectivity index (χ4n) is 3.39. The summed E-state index contributed by atoms with van der Waals surface area (Å²) in [5, 5.41) is 2.56. The van der Waals surface area contributed by atoms with Crippen molar-refractivity contribution in [1.29, 1.82) is 0 Å². The zero-order chi connectivity index (χ0) is 22.4. The lowest BCUT2D eigenvalue weighted by Gasteiger charge is -2.34. The summed E-state index contributed by atoms with van der Waals surface area (Å²) in [7, 11) is 1.55. The van der Waals surface area contributed by atoms with Crippen molar-refractivity contribution >= 4 is 23.3 Å². The van der Waals surface area contributed by atoms with Crippen LogP contribution < -0.4 is 15.0 Å². The number of nitrogens with one attached hydrogen (secondary N) is 1. The molecule has 2 heterocycles. The third kappa shape index (κ3) is 6.56. The van der Waals surface area contributed by atoms with Crippen molar-refractivity contribution in [1.82, 2.24) is 14.9 Å². The van der Waals surface area contributed by atoms with Gasteiger partial charge in [-0.25, -0.2) is 4.98 Å². The van der Waals surface area contributed by atoms with Crippen LogP contribution in [-0.4, -0.2) is 59.7 Å². The number of anilines is 2. The summed E-state index contributed by atoms with van der Waals surface area (Å²) in [6.07, 6.45) is 1.57. The number of aromatic nitrogens is 2. The third-order valence-electron chi connectivity index (χ3n) is 4.77. The van der Waals surface area contributed by atoms with Crippen molar-refractivity contribution in [2.24, 2.45) is 5.92 Å². The van der Waals surface area contributed by atoms with Crippen LogP contribution in [0.25, 0.3) is 0 Å². The normalized spacial score (nSPS) is 16.5. The second-order valence-corrected chi connectivity index (χ2v) is 7.16. The maximum Gasteiger partial charge on any atom is 0.573 e. The summed E-state index contributed by atoms with van der Waals surface area (Å²) >= 11 is 0. The smallest absolute Gasteiger partial charge is 0.406 e. The van der Waals surface area contributed by atoms with Crippen LogP contribution in [-0.2, 0) is 9.59 Å². The van der Waals surface area contributed by atoms with E-state index in [9.17, 15) is 22.8 Å².